The second-order valence-electron chi connectivity index (χ2n) is 2.78. The first kappa shape index (κ1) is 7.72. The van der Waals surface area contributed by atoms with Gasteiger partial charge in [0.2, 0.25) is 0 Å². The zero-order valence-electron chi connectivity index (χ0n) is 7.18. The number of hydrogen-bond donors (Lipinski definition) is 1. The van der Waals surface area contributed by atoms with Gasteiger partial charge in [0, 0.05) is 18.8 Å². The molecule has 0 spiro atoms. The lowest BCUT2D eigenvalue weighted by Gasteiger charge is -1.95. The first-order valence-corrected chi connectivity index (χ1v) is 3.83. The van der Waals surface area contributed by atoms with Crippen LogP contribution >= 0.6 is 0 Å². The van der Waals surface area contributed by atoms with Crippen molar-refractivity contribution in [3.63, 3.8) is 0 Å². The molecule has 0 aliphatic carbocycles. The molecule has 5 nitrogen and oxygen atoms in total. The summed E-state index contributed by atoms with van der Waals surface area (Å²) >= 11 is 0. The Hall–Kier alpha value is -1.91. The molecule has 0 saturated carbocycles. The number of aryl methyl sites for hydroxylation is 1. The molecule has 13 heavy (non-hydrogen) atoms. The molecule has 0 saturated heterocycles. The van der Waals surface area contributed by atoms with Gasteiger partial charge in [-0.2, -0.15) is 15.3 Å². The third-order valence-corrected chi connectivity index (χ3v) is 1.68. The lowest BCUT2D eigenvalue weighted by Crippen LogP contribution is -1.91. The van der Waals surface area contributed by atoms with Gasteiger partial charge in [-0.25, -0.2) is 0 Å². The van der Waals surface area contributed by atoms with Crippen LogP contribution in [0.4, 0.5) is 5.69 Å². The van der Waals surface area contributed by atoms with E-state index in [0.29, 0.717) is 5.69 Å². The minimum absolute atomic E-state index is 0.605. The van der Waals surface area contributed by atoms with Crippen LogP contribution < -0.4 is 5.73 Å². The fourth-order valence-electron chi connectivity index (χ4n) is 1.08. The van der Waals surface area contributed by atoms with Gasteiger partial charge in [-0.15, -0.1) is 0 Å². The Kier molecular flexibility index (Phi) is 1.70. The number of aromatic nitrogens is 4. The lowest BCUT2D eigenvalue weighted by molar-refractivity contribution is 0.768. The highest BCUT2D eigenvalue weighted by molar-refractivity contribution is 5.60. The first-order valence-electron chi connectivity index (χ1n) is 3.83. The second-order valence-corrected chi connectivity index (χ2v) is 2.78. The van der Waals surface area contributed by atoms with Crippen molar-refractivity contribution in [3.05, 3.63) is 24.7 Å². The fourth-order valence-corrected chi connectivity index (χ4v) is 1.08. The summed E-state index contributed by atoms with van der Waals surface area (Å²) in [6, 6.07) is 1.77. The van der Waals surface area contributed by atoms with E-state index in [1.165, 1.54) is 6.20 Å². The predicted octanol–water partition coefficient (Wildman–Crippen LogP) is 0.459. The predicted molar refractivity (Wildman–Crippen MR) is 48.6 cm³/mol. The molecular weight excluding hydrogens is 166 g/mol. The van der Waals surface area contributed by atoms with E-state index in [-0.39, 0.29) is 0 Å². The molecule has 0 aromatic carbocycles. The minimum atomic E-state index is 0.605. The average molecular weight is 175 g/mol. The molecule has 66 valence electrons. The zero-order valence-corrected chi connectivity index (χ0v) is 7.18. The van der Waals surface area contributed by atoms with Gasteiger partial charge >= 0.3 is 0 Å². The monoisotopic (exact) mass is 175 g/mol. The van der Waals surface area contributed by atoms with Crippen molar-refractivity contribution in [2.24, 2.45) is 7.05 Å². The van der Waals surface area contributed by atoms with E-state index >= 15 is 0 Å². The van der Waals surface area contributed by atoms with E-state index in [9.17, 15) is 0 Å². The third-order valence-electron chi connectivity index (χ3n) is 1.68. The molecule has 0 fully saturated rings. The van der Waals surface area contributed by atoms with Gasteiger partial charge in [0.1, 0.15) is 0 Å². The number of nitrogens with two attached hydrogens (primary N) is 1. The van der Waals surface area contributed by atoms with Gasteiger partial charge in [-0.05, 0) is 6.07 Å². The van der Waals surface area contributed by atoms with Crippen LogP contribution in [-0.4, -0.2) is 20.0 Å². The third kappa shape index (κ3) is 1.48. The van der Waals surface area contributed by atoms with Gasteiger partial charge in [0.25, 0.3) is 0 Å². The number of nitrogen functional groups attached to an aromatic ring is 1. The van der Waals surface area contributed by atoms with Crippen LogP contribution in [0, 0.1) is 0 Å². The summed E-state index contributed by atoms with van der Waals surface area (Å²) in [7, 11) is 1.85. The van der Waals surface area contributed by atoms with E-state index in [1.807, 2.05) is 13.2 Å². The van der Waals surface area contributed by atoms with Crippen LogP contribution in [0.2, 0.25) is 0 Å². The Morgan fingerprint density at radius 2 is 2.23 bits per heavy atom. The number of hydrogen-bond acceptors (Lipinski definition) is 4. The molecule has 0 bridgehead atoms. The van der Waals surface area contributed by atoms with Gasteiger partial charge in [0.15, 0.2) is 0 Å². The van der Waals surface area contributed by atoms with E-state index in [2.05, 4.69) is 15.3 Å². The van der Waals surface area contributed by atoms with Crippen molar-refractivity contribution in [2.45, 2.75) is 0 Å². The van der Waals surface area contributed by atoms with E-state index in [4.69, 9.17) is 5.73 Å². The summed E-state index contributed by atoms with van der Waals surface area (Å²) in [5.74, 6) is 0. The van der Waals surface area contributed by atoms with Gasteiger partial charge in [-0.1, -0.05) is 0 Å². The standard InChI is InChI=1S/C8H9N5/c1-13-5-6(3-11-13)8-2-7(9)4-10-12-8/h2-5H,1H3,(H2,9,12). The molecule has 2 N–H and O–H groups in total. The minimum Gasteiger partial charge on any atom is -0.397 e. The maximum absolute atomic E-state index is 5.57. The Morgan fingerprint density at radius 1 is 1.38 bits per heavy atom. The molecule has 2 aromatic rings. The molecule has 0 aliphatic rings. The van der Waals surface area contributed by atoms with Crippen LogP contribution in [0.15, 0.2) is 24.7 Å². The molecule has 2 aromatic heterocycles. The van der Waals surface area contributed by atoms with Crippen LogP contribution in [0.3, 0.4) is 0 Å². The quantitative estimate of drug-likeness (QED) is 0.683. The van der Waals surface area contributed by atoms with Crippen LogP contribution in [0.25, 0.3) is 11.3 Å². The Labute approximate surface area is 75.2 Å². The molecule has 5 heteroatoms. The number of anilines is 1. The van der Waals surface area contributed by atoms with Crippen molar-refractivity contribution < 1.29 is 0 Å². The summed E-state index contributed by atoms with van der Waals surface area (Å²) in [4.78, 5) is 0. The average Bonchev–Trinajstić information content (AvgIpc) is 2.52. The number of rotatable bonds is 1. The summed E-state index contributed by atoms with van der Waals surface area (Å²) in [5, 5.41) is 11.7. The zero-order chi connectivity index (χ0) is 9.26. The Bertz CT molecular complexity index is 420. The smallest absolute Gasteiger partial charge is 0.0981 e. The second kappa shape index (κ2) is 2.85. The molecule has 0 radical (unpaired) electrons. The highest BCUT2D eigenvalue weighted by Crippen LogP contribution is 2.15. The molecule has 0 amide bonds. The summed E-state index contributed by atoms with van der Waals surface area (Å²) in [6.07, 6.45) is 5.10. The van der Waals surface area contributed by atoms with E-state index in [1.54, 1.807) is 16.9 Å². The lowest BCUT2D eigenvalue weighted by atomic mass is 10.2. The van der Waals surface area contributed by atoms with Crippen molar-refractivity contribution in [3.8, 4) is 11.3 Å². The Morgan fingerprint density at radius 3 is 2.85 bits per heavy atom. The highest BCUT2D eigenvalue weighted by atomic mass is 15.2. The molecule has 2 heterocycles. The summed E-state index contributed by atoms with van der Waals surface area (Å²) in [6.45, 7) is 0. The molecular formula is C8H9N5. The van der Waals surface area contributed by atoms with E-state index in [0.717, 1.165) is 11.3 Å². The summed E-state index contributed by atoms with van der Waals surface area (Å²) < 4.78 is 1.71. The number of nitrogens with zero attached hydrogens (tertiary/aromatic N) is 4. The molecule has 0 atom stereocenters. The maximum atomic E-state index is 5.57. The van der Waals surface area contributed by atoms with Gasteiger partial charge in [0.05, 0.1) is 23.8 Å². The van der Waals surface area contributed by atoms with Crippen molar-refractivity contribution in [2.75, 3.05) is 5.73 Å². The van der Waals surface area contributed by atoms with Crippen LogP contribution in [0.5, 0.6) is 0 Å². The van der Waals surface area contributed by atoms with Crippen LogP contribution in [0.1, 0.15) is 0 Å². The van der Waals surface area contributed by atoms with Crippen LogP contribution in [-0.2, 0) is 7.05 Å². The topological polar surface area (TPSA) is 69.6 Å². The molecule has 0 unspecified atom stereocenters. The normalized spacial score (nSPS) is 10.2. The van der Waals surface area contributed by atoms with Crippen molar-refractivity contribution in [1.82, 2.24) is 20.0 Å². The van der Waals surface area contributed by atoms with Crippen molar-refractivity contribution >= 4 is 5.69 Å². The highest BCUT2D eigenvalue weighted by Gasteiger charge is 2.01. The van der Waals surface area contributed by atoms with Gasteiger partial charge < -0.3 is 5.73 Å². The van der Waals surface area contributed by atoms with E-state index < -0.39 is 0 Å². The first-order chi connectivity index (χ1) is 6.25. The SMILES string of the molecule is Cn1cc(-c2cc(N)cnn2)cn1. The summed E-state index contributed by atoms with van der Waals surface area (Å²) in [5.41, 5.74) is 7.84. The molecule has 0 aliphatic heterocycles. The largest absolute Gasteiger partial charge is 0.397 e. The Balaban J connectivity index is 2.46. The van der Waals surface area contributed by atoms with Crippen molar-refractivity contribution in [1.29, 1.82) is 0 Å². The van der Waals surface area contributed by atoms with Gasteiger partial charge in [-0.3, -0.25) is 4.68 Å². The fraction of sp³-hybridized carbons (Fsp3) is 0.125. The maximum Gasteiger partial charge on any atom is 0.0981 e. The molecule has 2 rings (SSSR count).